The lowest BCUT2D eigenvalue weighted by atomic mass is 9.93. The smallest absolute Gasteiger partial charge is 0.0547 e. The summed E-state index contributed by atoms with van der Waals surface area (Å²) >= 11 is 0. The largest absolute Gasteiger partial charge is 0.311 e. The van der Waals surface area contributed by atoms with Crippen LogP contribution in [0, 0.1) is 0 Å². The molecule has 0 spiro atoms. The molecule has 0 aliphatic rings. The quantitative estimate of drug-likeness (QED) is 0.172. The summed E-state index contributed by atoms with van der Waals surface area (Å²) < 4.78 is 2.42. The maximum Gasteiger partial charge on any atom is 0.0547 e. The maximum absolute atomic E-state index is 2.42. The van der Waals surface area contributed by atoms with E-state index in [1.807, 2.05) is 0 Å². The lowest BCUT2D eigenvalue weighted by Gasteiger charge is -2.26. The topological polar surface area (TPSA) is 8.17 Å². The highest BCUT2D eigenvalue weighted by molar-refractivity contribution is 6.25. The van der Waals surface area contributed by atoms with Crippen LogP contribution in [0.5, 0.6) is 0 Å². The molecule has 0 atom stereocenters. The molecule has 1 aromatic heterocycles. The van der Waals surface area contributed by atoms with Crippen LogP contribution in [-0.2, 0) is 0 Å². The van der Waals surface area contributed by atoms with Crippen molar-refractivity contribution in [1.82, 2.24) is 4.57 Å². The monoisotopic (exact) mass is 662 g/mol. The summed E-state index contributed by atoms with van der Waals surface area (Å²) in [7, 11) is 0. The molecule has 9 aromatic carbocycles. The Morgan fingerprint density at radius 1 is 0.327 bits per heavy atom. The van der Waals surface area contributed by atoms with Crippen LogP contribution in [0.25, 0.3) is 71.3 Å². The van der Waals surface area contributed by atoms with Gasteiger partial charge in [-0.05, 0) is 111 Å². The van der Waals surface area contributed by atoms with Crippen molar-refractivity contribution >= 4 is 60.4 Å². The number of hydrogen-bond acceptors (Lipinski definition) is 1. The molecule has 52 heavy (non-hydrogen) atoms. The summed E-state index contributed by atoms with van der Waals surface area (Å²) in [5.74, 6) is 0. The molecule has 0 aliphatic heterocycles. The molecule has 10 aromatic rings. The molecular weight excluding hydrogens is 629 g/mol. The molecule has 0 unspecified atom stereocenters. The number of aromatic nitrogens is 1. The van der Waals surface area contributed by atoms with Crippen LogP contribution in [0.1, 0.15) is 0 Å². The minimum Gasteiger partial charge on any atom is -0.311 e. The van der Waals surface area contributed by atoms with E-state index in [9.17, 15) is 0 Å². The number of fused-ring (bicyclic) bond motifs is 6. The van der Waals surface area contributed by atoms with Gasteiger partial charge in [0.15, 0.2) is 0 Å². The van der Waals surface area contributed by atoms with Crippen molar-refractivity contribution in [2.75, 3.05) is 4.90 Å². The van der Waals surface area contributed by atoms with Crippen LogP contribution in [0.3, 0.4) is 0 Å². The van der Waals surface area contributed by atoms with Crippen molar-refractivity contribution in [2.45, 2.75) is 0 Å². The van der Waals surface area contributed by atoms with Gasteiger partial charge in [0, 0.05) is 33.5 Å². The first-order chi connectivity index (χ1) is 25.8. The summed E-state index contributed by atoms with van der Waals surface area (Å²) in [6.07, 6.45) is 0. The van der Waals surface area contributed by atoms with E-state index in [1.165, 1.54) is 65.6 Å². The Kier molecular flexibility index (Phi) is 7.18. The Morgan fingerprint density at radius 3 is 1.69 bits per heavy atom. The number of rotatable bonds is 6. The van der Waals surface area contributed by atoms with E-state index in [4.69, 9.17) is 0 Å². The van der Waals surface area contributed by atoms with E-state index in [2.05, 4.69) is 216 Å². The molecule has 1 heterocycles. The third kappa shape index (κ3) is 5.04. The zero-order valence-electron chi connectivity index (χ0n) is 28.5. The SMILES string of the molecule is c1ccc(-c2ccc(N(c3ccccc3)c3ccc(-n4c5ccccc5c5c6c(-c7ccc8ccccc8c7)cccc6ccc54)cc3)cc2)cc1. The van der Waals surface area contributed by atoms with Gasteiger partial charge >= 0.3 is 0 Å². The number of hydrogen-bond donors (Lipinski definition) is 0. The molecule has 0 bridgehead atoms. The van der Waals surface area contributed by atoms with Crippen LogP contribution in [0.2, 0.25) is 0 Å². The third-order valence-corrected chi connectivity index (χ3v) is 10.4. The molecule has 0 amide bonds. The lowest BCUT2D eigenvalue weighted by Crippen LogP contribution is -2.10. The summed E-state index contributed by atoms with van der Waals surface area (Å²) in [6, 6.07) is 74.6. The van der Waals surface area contributed by atoms with Crippen molar-refractivity contribution in [3.8, 4) is 27.9 Å². The van der Waals surface area contributed by atoms with E-state index < -0.39 is 0 Å². The second kappa shape index (κ2) is 12.5. The van der Waals surface area contributed by atoms with Crippen LogP contribution in [-0.4, -0.2) is 4.57 Å². The van der Waals surface area contributed by atoms with Gasteiger partial charge in [-0.2, -0.15) is 0 Å². The average Bonchev–Trinajstić information content (AvgIpc) is 3.56. The molecule has 0 aliphatic carbocycles. The standard InChI is InChI=1S/C50H34N2/c1-3-12-35(13-4-1)37-24-27-42(28-25-37)51(41-17-5-2-6-18-41)43-29-31-44(32-30-43)52-47-21-10-9-19-46(47)50-48(52)33-26-38-16-11-20-45(49(38)50)40-23-22-36-14-7-8-15-39(36)34-40/h1-34H. The fraction of sp³-hybridized carbons (Fsp3) is 0. The number of benzene rings is 9. The Balaban J connectivity index is 1.12. The molecular formula is C50H34N2. The second-order valence-electron chi connectivity index (χ2n) is 13.4. The predicted molar refractivity (Wildman–Crippen MR) is 221 cm³/mol. The van der Waals surface area contributed by atoms with Crippen LogP contribution >= 0.6 is 0 Å². The Hall–Kier alpha value is -6.90. The zero-order chi connectivity index (χ0) is 34.4. The van der Waals surface area contributed by atoms with Crippen molar-refractivity contribution in [3.63, 3.8) is 0 Å². The molecule has 0 N–H and O–H groups in total. The fourth-order valence-corrected chi connectivity index (χ4v) is 7.92. The lowest BCUT2D eigenvalue weighted by molar-refractivity contribution is 1.17. The molecule has 2 nitrogen and oxygen atoms in total. The van der Waals surface area contributed by atoms with E-state index in [-0.39, 0.29) is 0 Å². The van der Waals surface area contributed by atoms with E-state index >= 15 is 0 Å². The van der Waals surface area contributed by atoms with Crippen molar-refractivity contribution in [3.05, 3.63) is 206 Å². The summed E-state index contributed by atoms with van der Waals surface area (Å²) in [5.41, 5.74) is 11.8. The van der Waals surface area contributed by atoms with Crippen molar-refractivity contribution in [1.29, 1.82) is 0 Å². The number of nitrogens with zero attached hydrogens (tertiary/aromatic N) is 2. The van der Waals surface area contributed by atoms with Crippen LogP contribution in [0.15, 0.2) is 206 Å². The molecule has 10 rings (SSSR count). The Labute approximate surface area is 303 Å². The molecule has 2 heteroatoms. The highest BCUT2D eigenvalue weighted by atomic mass is 15.1. The predicted octanol–water partition coefficient (Wildman–Crippen LogP) is 13.9. The average molecular weight is 663 g/mol. The normalized spacial score (nSPS) is 11.5. The third-order valence-electron chi connectivity index (χ3n) is 10.4. The van der Waals surface area contributed by atoms with Crippen molar-refractivity contribution in [2.24, 2.45) is 0 Å². The van der Waals surface area contributed by atoms with Crippen LogP contribution < -0.4 is 4.90 Å². The first kappa shape index (κ1) is 30.0. The highest BCUT2D eigenvalue weighted by Crippen LogP contribution is 2.42. The van der Waals surface area contributed by atoms with E-state index in [1.54, 1.807) is 0 Å². The van der Waals surface area contributed by atoms with Gasteiger partial charge in [0.25, 0.3) is 0 Å². The number of anilines is 3. The fourth-order valence-electron chi connectivity index (χ4n) is 7.92. The summed E-state index contributed by atoms with van der Waals surface area (Å²) in [5, 5.41) is 7.58. The minimum absolute atomic E-state index is 1.10. The van der Waals surface area contributed by atoms with E-state index in [0.717, 1.165) is 22.7 Å². The first-order valence-electron chi connectivity index (χ1n) is 17.9. The van der Waals surface area contributed by atoms with Gasteiger partial charge in [-0.3, -0.25) is 0 Å². The van der Waals surface area contributed by atoms with E-state index in [0.29, 0.717) is 0 Å². The van der Waals surface area contributed by atoms with Gasteiger partial charge in [-0.15, -0.1) is 0 Å². The van der Waals surface area contributed by atoms with Crippen molar-refractivity contribution < 1.29 is 0 Å². The van der Waals surface area contributed by atoms with Gasteiger partial charge in [0.05, 0.1) is 11.0 Å². The summed E-state index contributed by atoms with van der Waals surface area (Å²) in [6.45, 7) is 0. The molecule has 0 saturated heterocycles. The van der Waals surface area contributed by atoms with Gasteiger partial charge in [0.1, 0.15) is 0 Å². The highest BCUT2D eigenvalue weighted by Gasteiger charge is 2.18. The van der Waals surface area contributed by atoms with Gasteiger partial charge < -0.3 is 9.47 Å². The Bertz CT molecular complexity index is 2870. The molecule has 0 fully saturated rings. The molecule has 0 saturated carbocycles. The van der Waals surface area contributed by atoms with Gasteiger partial charge in [-0.1, -0.05) is 140 Å². The van der Waals surface area contributed by atoms with Crippen LogP contribution in [0.4, 0.5) is 17.1 Å². The Morgan fingerprint density at radius 2 is 0.904 bits per heavy atom. The second-order valence-corrected chi connectivity index (χ2v) is 13.4. The summed E-state index contributed by atoms with van der Waals surface area (Å²) in [4.78, 5) is 2.33. The van der Waals surface area contributed by atoms with Gasteiger partial charge in [-0.25, -0.2) is 0 Å². The van der Waals surface area contributed by atoms with Gasteiger partial charge in [0.2, 0.25) is 0 Å². The first-order valence-corrected chi connectivity index (χ1v) is 17.9. The maximum atomic E-state index is 2.42. The number of para-hydroxylation sites is 2. The zero-order valence-corrected chi connectivity index (χ0v) is 28.5. The molecule has 244 valence electrons. The minimum atomic E-state index is 1.10. The molecule has 0 radical (unpaired) electrons.